The number of hydrogen-bond donors (Lipinski definition) is 2. The Balaban J connectivity index is 1.60. The smallest absolute Gasteiger partial charge is 0.371 e. The van der Waals surface area contributed by atoms with Gasteiger partial charge in [0.25, 0.3) is 0 Å². The Morgan fingerprint density at radius 1 is 1.47 bits per heavy atom. The molecule has 3 aliphatic rings. The molecule has 1 spiro atoms. The summed E-state index contributed by atoms with van der Waals surface area (Å²) in [4.78, 5) is 0. The third-order valence-electron chi connectivity index (χ3n) is 4.55. The second-order valence-corrected chi connectivity index (χ2v) is 5.99. The molecule has 2 heterocycles. The minimum absolute atomic E-state index is 0.177. The number of rotatable bonds is 2. The van der Waals surface area contributed by atoms with Crippen LogP contribution in [0.4, 0.5) is 0 Å². The van der Waals surface area contributed by atoms with E-state index >= 15 is 0 Å². The van der Waals surface area contributed by atoms with E-state index in [1.54, 1.807) is 0 Å². The van der Waals surface area contributed by atoms with Crippen LogP contribution in [0.15, 0.2) is 11.3 Å². The number of guanidine groups is 1. The van der Waals surface area contributed by atoms with Crippen molar-refractivity contribution < 1.29 is 4.74 Å². The van der Waals surface area contributed by atoms with Gasteiger partial charge in [0.1, 0.15) is 6.04 Å². The van der Waals surface area contributed by atoms with Crippen molar-refractivity contribution >= 4 is 12.2 Å². The van der Waals surface area contributed by atoms with Crippen molar-refractivity contribution in [3.8, 4) is 0 Å². The summed E-state index contributed by atoms with van der Waals surface area (Å²) in [6.07, 6.45) is 9.18. The second kappa shape index (κ2) is 5.03. The lowest BCUT2D eigenvalue weighted by Crippen LogP contribution is -2.46. The monoisotopic (exact) mass is 262 g/mol. The zero-order valence-corrected chi connectivity index (χ0v) is 12.0. The minimum atomic E-state index is 0.177. The van der Waals surface area contributed by atoms with Crippen LogP contribution in [0.3, 0.4) is 0 Å². The third kappa shape index (κ3) is 2.56. The molecule has 2 fully saturated rings. The number of nitrogens with zero attached hydrogens (tertiary/aromatic N) is 1. The molecule has 4 heteroatoms. The number of allylic oxidation sites excluding steroid dienone is 2. The quantitative estimate of drug-likeness (QED) is 0.741. The molecule has 2 N–H and O–H groups in total. The lowest BCUT2D eigenvalue weighted by Gasteiger charge is -2.20. The van der Waals surface area contributed by atoms with Gasteiger partial charge in [-0.05, 0) is 26.2 Å². The zero-order valence-electron chi connectivity index (χ0n) is 12.0. The van der Waals surface area contributed by atoms with Crippen molar-refractivity contribution in [3.05, 3.63) is 11.3 Å². The van der Waals surface area contributed by atoms with Crippen LogP contribution in [0, 0.1) is 0 Å². The van der Waals surface area contributed by atoms with E-state index in [9.17, 15) is 0 Å². The van der Waals surface area contributed by atoms with Gasteiger partial charge in [-0.2, -0.15) is 0 Å². The SMILES string of the molecule is CCC1=C(C)C=[N+]=C(NC2COC3(CCCC3)C2)N1. The van der Waals surface area contributed by atoms with Crippen molar-refractivity contribution in [1.29, 1.82) is 0 Å². The maximum atomic E-state index is 6.06. The Bertz CT molecular complexity index is 454. The highest BCUT2D eigenvalue weighted by molar-refractivity contribution is 5.92. The Morgan fingerprint density at radius 3 is 3.00 bits per heavy atom. The molecular formula is C15H24N3O+. The average molecular weight is 262 g/mol. The van der Waals surface area contributed by atoms with Gasteiger partial charge in [-0.15, -0.1) is 0 Å². The van der Waals surface area contributed by atoms with Gasteiger partial charge in [0.2, 0.25) is 0 Å². The first-order chi connectivity index (χ1) is 9.21. The first-order valence-electron chi connectivity index (χ1n) is 7.49. The minimum Gasteiger partial charge on any atom is -0.371 e. The molecule has 0 bridgehead atoms. The van der Waals surface area contributed by atoms with Crippen LogP contribution in [-0.4, -0.2) is 30.4 Å². The predicted molar refractivity (Wildman–Crippen MR) is 78.0 cm³/mol. The van der Waals surface area contributed by atoms with Crippen molar-refractivity contribution in [3.63, 3.8) is 0 Å². The molecule has 0 radical (unpaired) electrons. The van der Waals surface area contributed by atoms with Crippen LogP contribution in [0.25, 0.3) is 0 Å². The van der Waals surface area contributed by atoms with E-state index < -0.39 is 0 Å². The standard InChI is InChI=1S/C15H23N3O/c1-3-13-11(2)9-16-14(18-13)17-12-8-15(19-10-12)6-4-5-7-15/h9,12H,3-8,10H2,1-2H3,(H,16,17,18)/p+1. The summed E-state index contributed by atoms with van der Waals surface area (Å²) in [6, 6.07) is 0.397. The van der Waals surface area contributed by atoms with Gasteiger partial charge in [-0.1, -0.05) is 19.8 Å². The van der Waals surface area contributed by atoms with Crippen LogP contribution in [0.2, 0.25) is 0 Å². The Morgan fingerprint density at radius 2 is 2.26 bits per heavy atom. The van der Waals surface area contributed by atoms with E-state index in [1.807, 2.05) is 6.21 Å². The molecule has 1 atom stereocenters. The van der Waals surface area contributed by atoms with Gasteiger partial charge in [0, 0.05) is 12.0 Å². The summed E-state index contributed by atoms with van der Waals surface area (Å²) < 4.78 is 10.5. The molecular weight excluding hydrogens is 238 g/mol. The lowest BCUT2D eigenvalue weighted by atomic mass is 9.96. The van der Waals surface area contributed by atoms with E-state index in [4.69, 9.17) is 4.74 Å². The third-order valence-corrected chi connectivity index (χ3v) is 4.55. The molecule has 0 aromatic heterocycles. The summed E-state index contributed by atoms with van der Waals surface area (Å²) in [5, 5.41) is 6.89. The molecule has 0 aromatic carbocycles. The summed E-state index contributed by atoms with van der Waals surface area (Å²) in [5.74, 6) is 0.881. The predicted octanol–water partition coefficient (Wildman–Crippen LogP) is 1.46. The zero-order chi connectivity index (χ0) is 13.3. The molecule has 2 aliphatic heterocycles. The van der Waals surface area contributed by atoms with E-state index in [2.05, 4.69) is 29.1 Å². The Hall–Kier alpha value is -1.25. The van der Waals surface area contributed by atoms with Crippen molar-refractivity contribution in [1.82, 2.24) is 15.3 Å². The first kappa shape index (κ1) is 12.8. The molecule has 1 aliphatic carbocycles. The lowest BCUT2D eigenvalue weighted by molar-refractivity contribution is 0.0100. The van der Waals surface area contributed by atoms with E-state index in [0.29, 0.717) is 6.04 Å². The highest BCUT2D eigenvalue weighted by Gasteiger charge is 2.44. The summed E-state index contributed by atoms with van der Waals surface area (Å²) in [7, 11) is 0. The number of ether oxygens (including phenoxy) is 1. The highest BCUT2D eigenvalue weighted by Crippen LogP contribution is 2.40. The van der Waals surface area contributed by atoms with Gasteiger partial charge < -0.3 is 4.74 Å². The van der Waals surface area contributed by atoms with Crippen LogP contribution in [0.5, 0.6) is 0 Å². The summed E-state index contributed by atoms with van der Waals surface area (Å²) >= 11 is 0. The Labute approximate surface area is 115 Å². The van der Waals surface area contributed by atoms with Crippen LogP contribution in [0.1, 0.15) is 52.4 Å². The fraction of sp³-hybridized carbons (Fsp3) is 0.733. The van der Waals surface area contributed by atoms with Crippen molar-refractivity contribution in [2.24, 2.45) is 0 Å². The van der Waals surface area contributed by atoms with Crippen LogP contribution < -0.4 is 15.3 Å². The van der Waals surface area contributed by atoms with Gasteiger partial charge in [-0.3, -0.25) is 5.32 Å². The normalized spacial score (nSPS) is 28.7. The second-order valence-electron chi connectivity index (χ2n) is 5.99. The molecule has 1 saturated heterocycles. The molecule has 1 unspecified atom stereocenters. The largest absolute Gasteiger partial charge is 0.443 e. The maximum absolute atomic E-state index is 6.06. The summed E-state index contributed by atoms with van der Waals surface area (Å²) in [6.45, 7) is 5.07. The number of nitrogens with one attached hydrogen (secondary N) is 2. The molecule has 0 aromatic rings. The van der Waals surface area contributed by atoms with Crippen molar-refractivity contribution in [2.45, 2.75) is 64.0 Å². The molecule has 4 nitrogen and oxygen atoms in total. The molecule has 19 heavy (non-hydrogen) atoms. The van der Waals surface area contributed by atoms with Crippen LogP contribution in [-0.2, 0) is 4.74 Å². The first-order valence-corrected chi connectivity index (χ1v) is 7.49. The van der Waals surface area contributed by atoms with E-state index in [0.717, 1.165) is 25.4 Å². The molecule has 3 rings (SSSR count). The molecule has 0 amide bonds. The summed E-state index contributed by atoms with van der Waals surface area (Å²) in [5.41, 5.74) is 2.66. The van der Waals surface area contributed by atoms with Gasteiger partial charge in [-0.25, -0.2) is 9.98 Å². The van der Waals surface area contributed by atoms with E-state index in [-0.39, 0.29) is 5.60 Å². The Kier molecular flexibility index (Phi) is 3.38. The maximum Gasteiger partial charge on any atom is 0.443 e. The topological polar surface area (TPSA) is 47.4 Å². The van der Waals surface area contributed by atoms with Gasteiger partial charge in [0.05, 0.1) is 17.9 Å². The number of hydrogen-bond acceptors (Lipinski definition) is 3. The molecule has 104 valence electrons. The van der Waals surface area contributed by atoms with Gasteiger partial charge >= 0.3 is 5.96 Å². The van der Waals surface area contributed by atoms with Crippen LogP contribution >= 0.6 is 0 Å². The molecule has 1 saturated carbocycles. The fourth-order valence-electron chi connectivity index (χ4n) is 3.45. The highest BCUT2D eigenvalue weighted by atomic mass is 16.5. The van der Waals surface area contributed by atoms with E-state index in [1.165, 1.54) is 37.0 Å². The average Bonchev–Trinajstić information content (AvgIpc) is 3.03. The van der Waals surface area contributed by atoms with Gasteiger partial charge in [0.15, 0.2) is 6.21 Å². The van der Waals surface area contributed by atoms with Crippen molar-refractivity contribution in [2.75, 3.05) is 6.61 Å². The fourth-order valence-corrected chi connectivity index (χ4v) is 3.45.